The Morgan fingerprint density at radius 1 is 1.07 bits per heavy atom. The lowest BCUT2D eigenvalue weighted by atomic mass is 9.91. The van der Waals surface area contributed by atoms with E-state index in [9.17, 15) is 26.8 Å². The number of hydrogen-bond acceptors (Lipinski definition) is 8. The molecule has 1 amide bonds. The summed E-state index contributed by atoms with van der Waals surface area (Å²) in [5.74, 6) is -3.93. The molecule has 0 N–H and O–H groups in total. The third-order valence-corrected chi connectivity index (χ3v) is 9.95. The number of pyridine rings is 1. The summed E-state index contributed by atoms with van der Waals surface area (Å²) < 4.78 is 70.7. The van der Waals surface area contributed by atoms with Gasteiger partial charge in [-0.05, 0) is 84.8 Å². The van der Waals surface area contributed by atoms with Crippen molar-refractivity contribution >= 4 is 21.9 Å². The Kier molecular flexibility index (Phi) is 11.0. The lowest BCUT2D eigenvalue weighted by Crippen LogP contribution is -2.46. The highest BCUT2D eigenvalue weighted by Gasteiger charge is 2.44. The molecule has 41 heavy (non-hydrogen) atoms. The van der Waals surface area contributed by atoms with Crippen LogP contribution in [-0.2, 0) is 24.1 Å². The molecule has 2 fully saturated rings. The van der Waals surface area contributed by atoms with Gasteiger partial charge in [0.05, 0.1) is 24.9 Å². The van der Waals surface area contributed by atoms with E-state index in [1.54, 1.807) is 38.7 Å². The fraction of sp³-hybridized carbons (Fsp3) is 0.759. The van der Waals surface area contributed by atoms with Gasteiger partial charge in [-0.1, -0.05) is 6.42 Å². The maximum atomic E-state index is 13.7. The first-order valence-corrected chi connectivity index (χ1v) is 16.0. The highest BCUT2D eigenvalue weighted by atomic mass is 32.2. The largest absolute Gasteiger partial charge is 0.477 e. The molecule has 0 radical (unpaired) electrons. The lowest BCUT2D eigenvalue weighted by Gasteiger charge is -2.37. The van der Waals surface area contributed by atoms with Crippen molar-refractivity contribution < 1.29 is 41.0 Å². The molecular weight excluding hydrogens is 558 g/mol. The maximum absolute atomic E-state index is 13.7. The lowest BCUT2D eigenvalue weighted by molar-refractivity contribution is -0.145. The summed E-state index contributed by atoms with van der Waals surface area (Å²) >= 11 is 0. The topological polar surface area (TPSA) is 112 Å². The van der Waals surface area contributed by atoms with Gasteiger partial charge in [0.15, 0.2) is 9.84 Å². The number of esters is 1. The standard InChI is InChI=1S/C29H44F2N2O7S/c1-20-12-13-24(41(36,37)23-11-9-10-22(23)26(34)38-5)25(32-20)39-19-8-6-7-18-33(27(35)40-28(2,3)4)21-14-16-29(30,31)17-15-21/h12-13,21-23H,6-11,14-19H2,1-5H3/t22-,23-/m0/s1. The van der Waals surface area contributed by atoms with E-state index in [4.69, 9.17) is 14.2 Å². The van der Waals surface area contributed by atoms with Crippen molar-refractivity contribution in [1.82, 2.24) is 9.88 Å². The van der Waals surface area contributed by atoms with Gasteiger partial charge in [-0.3, -0.25) is 4.79 Å². The van der Waals surface area contributed by atoms with Crippen molar-refractivity contribution in [2.75, 3.05) is 20.3 Å². The van der Waals surface area contributed by atoms with E-state index in [-0.39, 0.29) is 49.1 Å². The average molecular weight is 603 g/mol. The number of nitrogens with zero attached hydrogens (tertiary/aromatic N) is 2. The molecule has 0 bridgehead atoms. The van der Waals surface area contributed by atoms with Crippen LogP contribution in [0.1, 0.15) is 90.7 Å². The summed E-state index contributed by atoms with van der Waals surface area (Å²) in [4.78, 5) is 31.0. The Hall–Kier alpha value is -2.50. The molecule has 2 saturated carbocycles. The summed E-state index contributed by atoms with van der Waals surface area (Å²) in [5.41, 5.74) is -0.100. The Morgan fingerprint density at radius 2 is 1.76 bits per heavy atom. The van der Waals surface area contributed by atoms with E-state index in [0.717, 1.165) is 0 Å². The number of hydrogen-bond donors (Lipinski definition) is 0. The van der Waals surface area contributed by atoms with E-state index in [1.807, 2.05) is 0 Å². The fourth-order valence-corrected chi connectivity index (χ4v) is 7.62. The normalized spacial score (nSPS) is 21.3. The first kappa shape index (κ1) is 33.0. The van der Waals surface area contributed by atoms with Gasteiger partial charge in [-0.25, -0.2) is 27.0 Å². The molecule has 2 atom stereocenters. The maximum Gasteiger partial charge on any atom is 0.410 e. The van der Waals surface area contributed by atoms with E-state index >= 15 is 0 Å². The number of halogens is 2. The van der Waals surface area contributed by atoms with Crippen molar-refractivity contribution in [3.63, 3.8) is 0 Å². The van der Waals surface area contributed by atoms with Crippen LogP contribution < -0.4 is 4.74 Å². The van der Waals surface area contributed by atoms with Crippen molar-refractivity contribution in [3.05, 3.63) is 17.8 Å². The summed E-state index contributed by atoms with van der Waals surface area (Å²) in [7, 11) is -2.64. The highest BCUT2D eigenvalue weighted by Crippen LogP contribution is 2.38. The van der Waals surface area contributed by atoms with E-state index in [0.29, 0.717) is 50.8 Å². The van der Waals surface area contributed by atoms with Crippen LogP contribution in [0.4, 0.5) is 13.6 Å². The number of aryl methyl sites for hydroxylation is 1. The minimum atomic E-state index is -3.89. The Labute approximate surface area is 242 Å². The van der Waals surface area contributed by atoms with Crippen LogP contribution in [0.3, 0.4) is 0 Å². The molecule has 1 aromatic rings. The number of unbranched alkanes of at least 4 members (excludes halogenated alkanes) is 2. The number of carbonyl (C=O) groups is 2. The zero-order valence-corrected chi connectivity index (χ0v) is 25.6. The Bertz CT molecular complexity index is 1160. The molecule has 0 aromatic carbocycles. The van der Waals surface area contributed by atoms with Gasteiger partial charge in [-0.15, -0.1) is 0 Å². The smallest absolute Gasteiger partial charge is 0.410 e. The van der Waals surface area contributed by atoms with Crippen LogP contribution in [-0.4, -0.2) is 73.4 Å². The van der Waals surface area contributed by atoms with Gasteiger partial charge in [-0.2, -0.15) is 0 Å². The molecule has 9 nitrogen and oxygen atoms in total. The van der Waals surface area contributed by atoms with Crippen LogP contribution in [0.5, 0.6) is 5.88 Å². The third-order valence-electron chi connectivity index (χ3n) is 7.66. The molecule has 12 heteroatoms. The minimum absolute atomic E-state index is 0.0130. The summed E-state index contributed by atoms with van der Waals surface area (Å²) in [6.07, 6.45) is 2.71. The van der Waals surface area contributed by atoms with Gasteiger partial charge in [0.25, 0.3) is 0 Å². The number of rotatable bonds is 11. The fourth-order valence-electron chi connectivity index (χ4n) is 5.53. The van der Waals surface area contributed by atoms with Crippen molar-refractivity contribution in [2.45, 2.75) is 120 Å². The van der Waals surface area contributed by atoms with Crippen LogP contribution in [0.25, 0.3) is 0 Å². The number of sulfone groups is 1. The predicted octanol–water partition coefficient (Wildman–Crippen LogP) is 5.87. The molecule has 3 rings (SSSR count). The van der Waals surface area contributed by atoms with Crippen LogP contribution >= 0.6 is 0 Å². The van der Waals surface area contributed by atoms with Crippen LogP contribution in [0.15, 0.2) is 17.0 Å². The molecule has 0 aliphatic heterocycles. The number of ether oxygens (including phenoxy) is 3. The number of amides is 1. The number of carbonyl (C=O) groups excluding carboxylic acids is 2. The molecule has 0 unspecified atom stereocenters. The van der Waals surface area contributed by atoms with E-state index < -0.39 is 44.6 Å². The monoisotopic (exact) mass is 602 g/mol. The molecule has 1 heterocycles. The average Bonchev–Trinajstić information content (AvgIpc) is 3.38. The zero-order chi connectivity index (χ0) is 30.4. The van der Waals surface area contributed by atoms with Crippen molar-refractivity contribution in [3.8, 4) is 5.88 Å². The number of aromatic nitrogens is 1. The van der Waals surface area contributed by atoms with Gasteiger partial charge in [0.1, 0.15) is 10.5 Å². The summed E-state index contributed by atoms with van der Waals surface area (Å²) in [5, 5.41) is -0.889. The molecule has 2 aliphatic rings. The van der Waals surface area contributed by atoms with Crippen molar-refractivity contribution in [2.24, 2.45) is 5.92 Å². The van der Waals surface area contributed by atoms with Crippen molar-refractivity contribution in [1.29, 1.82) is 0 Å². The first-order valence-electron chi connectivity index (χ1n) is 14.4. The highest BCUT2D eigenvalue weighted by molar-refractivity contribution is 7.92. The van der Waals surface area contributed by atoms with E-state index in [2.05, 4.69) is 4.98 Å². The Morgan fingerprint density at radius 3 is 2.39 bits per heavy atom. The quantitative estimate of drug-likeness (QED) is 0.228. The predicted molar refractivity (Wildman–Crippen MR) is 149 cm³/mol. The number of methoxy groups -OCH3 is 1. The van der Waals surface area contributed by atoms with Gasteiger partial charge < -0.3 is 19.1 Å². The SMILES string of the molecule is COC(=O)[C@H]1CCC[C@@H]1S(=O)(=O)c1ccc(C)nc1OCCCCCN(C(=O)OC(C)(C)C)C1CCC(F)(F)CC1. The third kappa shape index (κ3) is 8.99. The molecule has 0 saturated heterocycles. The molecule has 0 spiro atoms. The van der Waals surface area contributed by atoms with Crippen LogP contribution in [0, 0.1) is 12.8 Å². The van der Waals surface area contributed by atoms with E-state index in [1.165, 1.54) is 13.2 Å². The molecule has 2 aliphatic carbocycles. The number of alkyl halides is 2. The second kappa shape index (κ2) is 13.6. The van der Waals surface area contributed by atoms with Gasteiger partial charge >= 0.3 is 12.1 Å². The minimum Gasteiger partial charge on any atom is -0.477 e. The summed E-state index contributed by atoms with van der Waals surface area (Å²) in [6, 6.07) is 2.79. The van der Waals surface area contributed by atoms with Crippen LogP contribution in [0.2, 0.25) is 0 Å². The molecule has 1 aromatic heterocycles. The zero-order valence-electron chi connectivity index (χ0n) is 24.8. The van der Waals surface area contributed by atoms with Gasteiger partial charge in [0.2, 0.25) is 11.8 Å². The first-order chi connectivity index (χ1) is 19.1. The molecule has 232 valence electrons. The van der Waals surface area contributed by atoms with Gasteiger partial charge in [0, 0.05) is 31.1 Å². The Balaban J connectivity index is 1.59. The second-order valence-electron chi connectivity index (χ2n) is 12.1. The summed E-state index contributed by atoms with van der Waals surface area (Å²) in [6.45, 7) is 7.61. The second-order valence-corrected chi connectivity index (χ2v) is 14.2. The molecular formula is C29H44F2N2O7S.